The van der Waals surface area contributed by atoms with Crippen LogP contribution in [0, 0.1) is 0 Å². The van der Waals surface area contributed by atoms with E-state index in [9.17, 15) is 0 Å². The molecule has 3 nitrogen and oxygen atoms in total. The molecule has 0 saturated heterocycles. The lowest BCUT2D eigenvalue weighted by atomic mass is 9.87. The maximum Gasteiger partial charge on any atom is 0.218 e. The van der Waals surface area contributed by atoms with Gasteiger partial charge < -0.3 is 9.84 Å². The topological polar surface area (TPSA) is 42.4 Å². The molecule has 0 aliphatic carbocycles. The van der Waals surface area contributed by atoms with Crippen molar-refractivity contribution in [2.24, 2.45) is 0 Å². The van der Waals surface area contributed by atoms with Crippen LogP contribution >= 0.6 is 0 Å². The fraction of sp³-hybridized carbons (Fsp3) is 0.545. The Morgan fingerprint density at radius 2 is 2.07 bits per heavy atom. The van der Waals surface area contributed by atoms with E-state index in [1.165, 1.54) is 0 Å². The molecule has 1 rings (SSSR count). The van der Waals surface area contributed by atoms with E-state index in [1.54, 1.807) is 13.3 Å². The number of pyridine rings is 1. The zero-order valence-electron chi connectivity index (χ0n) is 9.16. The quantitative estimate of drug-likeness (QED) is 0.783. The molecule has 14 heavy (non-hydrogen) atoms. The van der Waals surface area contributed by atoms with Crippen LogP contribution in [0.5, 0.6) is 5.88 Å². The smallest absolute Gasteiger partial charge is 0.218 e. The Balaban J connectivity index is 3.14. The molecular weight excluding hydrogens is 178 g/mol. The van der Waals surface area contributed by atoms with Gasteiger partial charge >= 0.3 is 0 Å². The summed E-state index contributed by atoms with van der Waals surface area (Å²) >= 11 is 0. The van der Waals surface area contributed by atoms with Crippen LogP contribution in [-0.4, -0.2) is 17.2 Å². The van der Waals surface area contributed by atoms with Crippen LogP contribution in [0.15, 0.2) is 12.3 Å². The molecule has 78 valence electrons. The van der Waals surface area contributed by atoms with Crippen molar-refractivity contribution in [3.63, 3.8) is 0 Å². The summed E-state index contributed by atoms with van der Waals surface area (Å²) < 4.78 is 5.03. The van der Waals surface area contributed by atoms with Crippen molar-refractivity contribution in [3.05, 3.63) is 23.4 Å². The minimum absolute atomic E-state index is 0.0416. The molecule has 0 atom stereocenters. The number of hydrogen-bond donors (Lipinski definition) is 1. The Morgan fingerprint density at radius 3 is 2.50 bits per heavy atom. The van der Waals surface area contributed by atoms with Gasteiger partial charge in [0.15, 0.2) is 0 Å². The lowest BCUT2D eigenvalue weighted by molar-refractivity contribution is 0.271. The van der Waals surface area contributed by atoms with Crippen LogP contribution in [0.3, 0.4) is 0 Å². The highest BCUT2D eigenvalue weighted by Crippen LogP contribution is 2.25. The minimum Gasteiger partial charge on any atom is -0.481 e. The number of nitrogens with zero attached hydrogens (tertiary/aromatic N) is 1. The molecule has 1 N–H and O–H groups in total. The molecule has 0 aliphatic rings. The maximum atomic E-state index is 9.12. The molecule has 0 spiro atoms. The van der Waals surface area contributed by atoms with Crippen molar-refractivity contribution >= 4 is 0 Å². The lowest BCUT2D eigenvalue weighted by Gasteiger charge is -2.19. The highest BCUT2D eigenvalue weighted by atomic mass is 16.5. The zero-order valence-corrected chi connectivity index (χ0v) is 9.16. The van der Waals surface area contributed by atoms with Crippen molar-refractivity contribution in [2.45, 2.75) is 32.8 Å². The third-order valence-electron chi connectivity index (χ3n) is 2.16. The van der Waals surface area contributed by atoms with Gasteiger partial charge in [0.1, 0.15) is 0 Å². The third kappa shape index (κ3) is 2.23. The number of ether oxygens (including phenoxy) is 1. The fourth-order valence-corrected chi connectivity index (χ4v) is 1.21. The summed E-state index contributed by atoms with van der Waals surface area (Å²) in [4.78, 5) is 4.15. The highest BCUT2D eigenvalue weighted by molar-refractivity contribution is 5.32. The van der Waals surface area contributed by atoms with Gasteiger partial charge in [-0.2, -0.15) is 0 Å². The Morgan fingerprint density at radius 1 is 1.43 bits per heavy atom. The van der Waals surface area contributed by atoms with E-state index in [0.29, 0.717) is 5.88 Å². The molecule has 0 aromatic carbocycles. The molecule has 1 aromatic heterocycles. The Bertz CT molecular complexity index is 316. The first-order valence-electron chi connectivity index (χ1n) is 4.63. The fourth-order valence-electron chi connectivity index (χ4n) is 1.21. The van der Waals surface area contributed by atoms with E-state index >= 15 is 0 Å². The van der Waals surface area contributed by atoms with Crippen LogP contribution in [0.25, 0.3) is 0 Å². The van der Waals surface area contributed by atoms with Crippen molar-refractivity contribution < 1.29 is 9.84 Å². The van der Waals surface area contributed by atoms with Gasteiger partial charge in [-0.15, -0.1) is 0 Å². The maximum absolute atomic E-state index is 9.12. The summed E-state index contributed by atoms with van der Waals surface area (Å²) in [6.07, 6.45) is 1.79. The molecule has 0 saturated carbocycles. The van der Waals surface area contributed by atoms with Gasteiger partial charge in [-0.25, -0.2) is 4.98 Å². The van der Waals surface area contributed by atoms with E-state index in [4.69, 9.17) is 9.84 Å². The molecule has 0 unspecified atom stereocenters. The summed E-state index contributed by atoms with van der Waals surface area (Å²) in [5.74, 6) is 0.500. The summed E-state index contributed by atoms with van der Waals surface area (Å²) in [5.41, 5.74) is 1.88. The largest absolute Gasteiger partial charge is 0.481 e. The highest BCUT2D eigenvalue weighted by Gasteiger charge is 2.16. The summed E-state index contributed by atoms with van der Waals surface area (Å²) in [7, 11) is 1.55. The van der Waals surface area contributed by atoms with E-state index in [0.717, 1.165) is 11.1 Å². The van der Waals surface area contributed by atoms with Crippen molar-refractivity contribution in [1.29, 1.82) is 0 Å². The second-order valence-corrected chi connectivity index (χ2v) is 4.30. The average molecular weight is 195 g/mol. The van der Waals surface area contributed by atoms with Gasteiger partial charge in [-0.05, 0) is 17.0 Å². The predicted molar refractivity (Wildman–Crippen MR) is 55.4 cm³/mol. The number of rotatable bonds is 2. The second-order valence-electron chi connectivity index (χ2n) is 4.30. The van der Waals surface area contributed by atoms with Gasteiger partial charge in [0.25, 0.3) is 0 Å². The van der Waals surface area contributed by atoms with Gasteiger partial charge in [0, 0.05) is 11.8 Å². The van der Waals surface area contributed by atoms with Crippen LogP contribution in [0.1, 0.15) is 31.9 Å². The third-order valence-corrected chi connectivity index (χ3v) is 2.16. The number of methoxy groups -OCH3 is 1. The summed E-state index contributed by atoms with van der Waals surface area (Å²) in [6.45, 7) is 6.28. The van der Waals surface area contributed by atoms with Gasteiger partial charge in [-0.1, -0.05) is 20.8 Å². The van der Waals surface area contributed by atoms with Gasteiger partial charge in [0.05, 0.1) is 13.7 Å². The summed E-state index contributed by atoms with van der Waals surface area (Å²) in [5, 5.41) is 9.12. The van der Waals surface area contributed by atoms with E-state index in [2.05, 4.69) is 25.8 Å². The standard InChI is InChI=1S/C11H17NO2/c1-11(2,3)9-5-8(7-13)10(14-4)12-6-9/h5-6,13H,7H2,1-4H3. The van der Waals surface area contributed by atoms with Crippen molar-refractivity contribution in [1.82, 2.24) is 4.98 Å². The first-order chi connectivity index (χ1) is 6.49. The number of aromatic nitrogens is 1. The molecule has 0 aliphatic heterocycles. The minimum atomic E-state index is -0.0416. The number of hydrogen-bond acceptors (Lipinski definition) is 3. The second kappa shape index (κ2) is 3.96. The van der Waals surface area contributed by atoms with E-state index < -0.39 is 0 Å². The van der Waals surface area contributed by atoms with Gasteiger partial charge in [0.2, 0.25) is 5.88 Å². The molecule has 0 radical (unpaired) electrons. The van der Waals surface area contributed by atoms with E-state index in [-0.39, 0.29) is 12.0 Å². The Kier molecular flexibility index (Phi) is 3.11. The zero-order chi connectivity index (χ0) is 10.8. The monoisotopic (exact) mass is 195 g/mol. The summed E-state index contributed by atoms with van der Waals surface area (Å²) in [6, 6.07) is 1.94. The molecule has 0 amide bonds. The lowest BCUT2D eigenvalue weighted by Crippen LogP contribution is -2.12. The van der Waals surface area contributed by atoms with Crippen LogP contribution in [0.2, 0.25) is 0 Å². The molecule has 1 aromatic rings. The predicted octanol–water partition coefficient (Wildman–Crippen LogP) is 1.88. The van der Waals surface area contributed by atoms with Crippen LogP contribution < -0.4 is 4.74 Å². The van der Waals surface area contributed by atoms with Crippen LogP contribution in [-0.2, 0) is 12.0 Å². The molecule has 1 heterocycles. The molecule has 0 fully saturated rings. The number of aliphatic hydroxyl groups excluding tert-OH is 1. The average Bonchev–Trinajstić information content (AvgIpc) is 2.15. The van der Waals surface area contributed by atoms with Crippen molar-refractivity contribution in [3.8, 4) is 5.88 Å². The Labute approximate surface area is 84.7 Å². The molecule has 3 heteroatoms. The molecular formula is C11H17NO2. The first-order valence-corrected chi connectivity index (χ1v) is 4.63. The van der Waals surface area contributed by atoms with Crippen LogP contribution in [0.4, 0.5) is 0 Å². The molecule has 0 bridgehead atoms. The van der Waals surface area contributed by atoms with Crippen molar-refractivity contribution in [2.75, 3.05) is 7.11 Å². The van der Waals surface area contributed by atoms with E-state index in [1.807, 2.05) is 6.07 Å². The van der Waals surface area contributed by atoms with Gasteiger partial charge in [-0.3, -0.25) is 0 Å². The SMILES string of the molecule is COc1ncc(C(C)(C)C)cc1CO. The number of aliphatic hydroxyl groups is 1. The first kappa shape index (κ1) is 11.0. The Hall–Kier alpha value is -1.09. The normalized spacial score (nSPS) is 11.5.